The van der Waals surface area contributed by atoms with Crippen LogP contribution in [0.4, 0.5) is 5.69 Å². The first-order chi connectivity index (χ1) is 8.10. The SMILES string of the molecule is CCCC(=O)N(CCC)c1ccc(Br)c(C)c1. The maximum Gasteiger partial charge on any atom is 0.226 e. The number of carbonyl (C=O) groups excluding carboxylic acids is 1. The van der Waals surface area contributed by atoms with Gasteiger partial charge in [-0.15, -0.1) is 0 Å². The first-order valence-corrected chi connectivity index (χ1v) is 6.96. The molecule has 0 N–H and O–H groups in total. The minimum absolute atomic E-state index is 0.219. The van der Waals surface area contributed by atoms with E-state index in [1.165, 1.54) is 0 Å². The minimum Gasteiger partial charge on any atom is -0.312 e. The second-order valence-corrected chi connectivity index (χ2v) is 5.08. The zero-order chi connectivity index (χ0) is 12.8. The highest BCUT2D eigenvalue weighted by atomic mass is 79.9. The van der Waals surface area contributed by atoms with Crippen LogP contribution in [-0.4, -0.2) is 12.5 Å². The number of benzene rings is 1. The summed E-state index contributed by atoms with van der Waals surface area (Å²) in [6.45, 7) is 6.97. The van der Waals surface area contributed by atoms with Gasteiger partial charge >= 0.3 is 0 Å². The van der Waals surface area contributed by atoms with Crippen molar-refractivity contribution in [3.63, 3.8) is 0 Å². The number of halogens is 1. The van der Waals surface area contributed by atoms with E-state index in [-0.39, 0.29) is 5.91 Å². The average Bonchev–Trinajstić information content (AvgIpc) is 2.30. The molecule has 3 heteroatoms. The lowest BCUT2D eigenvalue weighted by Crippen LogP contribution is -2.31. The van der Waals surface area contributed by atoms with Gasteiger partial charge in [0, 0.05) is 23.1 Å². The number of aryl methyl sites for hydroxylation is 1. The third kappa shape index (κ3) is 3.84. The zero-order valence-electron chi connectivity index (χ0n) is 10.8. The predicted molar refractivity (Wildman–Crippen MR) is 76.4 cm³/mol. The van der Waals surface area contributed by atoms with Crippen molar-refractivity contribution in [3.8, 4) is 0 Å². The van der Waals surface area contributed by atoms with Gasteiger partial charge in [0.25, 0.3) is 0 Å². The summed E-state index contributed by atoms with van der Waals surface area (Å²) in [6.07, 6.45) is 2.49. The molecule has 0 aliphatic carbocycles. The fourth-order valence-electron chi connectivity index (χ4n) is 1.77. The molecule has 0 aliphatic rings. The van der Waals surface area contributed by atoms with E-state index in [1.54, 1.807) is 0 Å². The Labute approximate surface area is 112 Å². The van der Waals surface area contributed by atoms with Crippen LogP contribution < -0.4 is 4.90 Å². The van der Waals surface area contributed by atoms with E-state index in [9.17, 15) is 4.79 Å². The van der Waals surface area contributed by atoms with Crippen LogP contribution in [0.15, 0.2) is 22.7 Å². The van der Waals surface area contributed by atoms with E-state index in [0.29, 0.717) is 6.42 Å². The van der Waals surface area contributed by atoms with Gasteiger partial charge < -0.3 is 4.90 Å². The number of rotatable bonds is 5. The molecule has 0 unspecified atom stereocenters. The van der Waals surface area contributed by atoms with E-state index < -0.39 is 0 Å². The quantitative estimate of drug-likeness (QED) is 0.793. The highest BCUT2D eigenvalue weighted by Crippen LogP contribution is 2.23. The second kappa shape index (κ2) is 6.80. The van der Waals surface area contributed by atoms with E-state index in [0.717, 1.165) is 35.1 Å². The lowest BCUT2D eigenvalue weighted by Gasteiger charge is -2.22. The van der Waals surface area contributed by atoms with Crippen molar-refractivity contribution in [2.45, 2.75) is 40.0 Å². The Kier molecular flexibility index (Phi) is 5.69. The summed E-state index contributed by atoms with van der Waals surface area (Å²) in [6, 6.07) is 6.07. The van der Waals surface area contributed by atoms with E-state index >= 15 is 0 Å². The zero-order valence-corrected chi connectivity index (χ0v) is 12.4. The molecule has 1 amide bonds. The van der Waals surface area contributed by atoms with Gasteiger partial charge in [0.15, 0.2) is 0 Å². The maximum atomic E-state index is 12.0. The Bertz CT molecular complexity index is 390. The van der Waals surface area contributed by atoms with Gasteiger partial charge in [0.2, 0.25) is 5.91 Å². The summed E-state index contributed by atoms with van der Waals surface area (Å²) in [7, 11) is 0. The number of carbonyl (C=O) groups is 1. The Morgan fingerprint density at radius 1 is 1.29 bits per heavy atom. The lowest BCUT2D eigenvalue weighted by atomic mass is 10.2. The molecular weight excluding hydrogens is 278 g/mol. The van der Waals surface area contributed by atoms with Gasteiger partial charge in [-0.3, -0.25) is 4.79 Å². The van der Waals surface area contributed by atoms with E-state index in [2.05, 4.69) is 28.9 Å². The lowest BCUT2D eigenvalue weighted by molar-refractivity contribution is -0.118. The normalized spacial score (nSPS) is 10.4. The summed E-state index contributed by atoms with van der Waals surface area (Å²) in [5.74, 6) is 0.219. The van der Waals surface area contributed by atoms with Crippen LogP contribution in [0.1, 0.15) is 38.7 Å². The highest BCUT2D eigenvalue weighted by molar-refractivity contribution is 9.10. The minimum atomic E-state index is 0.219. The molecule has 1 aromatic rings. The molecule has 1 rings (SSSR count). The molecule has 0 fully saturated rings. The molecule has 0 saturated heterocycles. The van der Waals surface area contributed by atoms with E-state index in [1.807, 2.05) is 30.9 Å². The number of hydrogen-bond donors (Lipinski definition) is 0. The first kappa shape index (κ1) is 14.2. The maximum absolute atomic E-state index is 12.0. The first-order valence-electron chi connectivity index (χ1n) is 6.16. The van der Waals surface area contributed by atoms with Crippen LogP contribution in [0.5, 0.6) is 0 Å². The highest BCUT2D eigenvalue weighted by Gasteiger charge is 2.14. The fraction of sp³-hybridized carbons (Fsp3) is 0.500. The summed E-state index contributed by atoms with van der Waals surface area (Å²) < 4.78 is 1.08. The van der Waals surface area contributed by atoms with Crippen molar-refractivity contribution in [2.24, 2.45) is 0 Å². The van der Waals surface area contributed by atoms with Gasteiger partial charge in [-0.05, 0) is 43.5 Å². The third-order valence-corrected chi connectivity index (χ3v) is 3.56. The fourth-order valence-corrected chi connectivity index (χ4v) is 2.01. The Morgan fingerprint density at radius 2 is 2.00 bits per heavy atom. The van der Waals surface area contributed by atoms with Crippen LogP contribution >= 0.6 is 15.9 Å². The summed E-state index contributed by atoms with van der Waals surface area (Å²) in [5, 5.41) is 0. The van der Waals surface area contributed by atoms with Crippen LogP contribution in [-0.2, 0) is 4.79 Å². The Hall–Kier alpha value is -0.830. The van der Waals surface area contributed by atoms with Crippen molar-refractivity contribution in [2.75, 3.05) is 11.4 Å². The average molecular weight is 298 g/mol. The molecule has 0 heterocycles. The number of anilines is 1. The summed E-state index contributed by atoms with van der Waals surface area (Å²) in [4.78, 5) is 13.9. The molecule has 0 radical (unpaired) electrons. The van der Waals surface area contributed by atoms with Crippen molar-refractivity contribution >= 4 is 27.5 Å². The molecular formula is C14H20BrNO. The van der Waals surface area contributed by atoms with Crippen LogP contribution in [0.25, 0.3) is 0 Å². The van der Waals surface area contributed by atoms with Crippen molar-refractivity contribution in [1.29, 1.82) is 0 Å². The molecule has 0 bridgehead atoms. The van der Waals surface area contributed by atoms with Gasteiger partial charge in [-0.25, -0.2) is 0 Å². The van der Waals surface area contributed by atoms with Gasteiger partial charge in [-0.1, -0.05) is 29.8 Å². The molecule has 1 aromatic carbocycles. The third-order valence-electron chi connectivity index (χ3n) is 2.67. The van der Waals surface area contributed by atoms with Crippen molar-refractivity contribution in [1.82, 2.24) is 0 Å². The number of amides is 1. The van der Waals surface area contributed by atoms with Crippen molar-refractivity contribution in [3.05, 3.63) is 28.2 Å². The molecule has 17 heavy (non-hydrogen) atoms. The monoisotopic (exact) mass is 297 g/mol. The molecule has 0 atom stereocenters. The van der Waals surface area contributed by atoms with Gasteiger partial charge in [-0.2, -0.15) is 0 Å². The molecule has 0 saturated carbocycles. The van der Waals surface area contributed by atoms with Gasteiger partial charge in [0.1, 0.15) is 0 Å². The van der Waals surface area contributed by atoms with Crippen LogP contribution in [0.2, 0.25) is 0 Å². The second-order valence-electron chi connectivity index (χ2n) is 4.23. The Balaban J connectivity index is 2.96. The molecule has 0 spiro atoms. The summed E-state index contributed by atoms with van der Waals surface area (Å²) in [5.41, 5.74) is 2.17. The smallest absolute Gasteiger partial charge is 0.226 e. The predicted octanol–water partition coefficient (Wildman–Crippen LogP) is 4.30. The Morgan fingerprint density at radius 3 is 2.53 bits per heavy atom. The van der Waals surface area contributed by atoms with E-state index in [4.69, 9.17) is 0 Å². The molecule has 2 nitrogen and oxygen atoms in total. The molecule has 94 valence electrons. The van der Waals surface area contributed by atoms with Gasteiger partial charge in [0.05, 0.1) is 0 Å². The topological polar surface area (TPSA) is 20.3 Å². The number of hydrogen-bond acceptors (Lipinski definition) is 1. The number of nitrogens with zero attached hydrogens (tertiary/aromatic N) is 1. The molecule has 0 aliphatic heterocycles. The van der Waals surface area contributed by atoms with Crippen LogP contribution in [0.3, 0.4) is 0 Å². The summed E-state index contributed by atoms with van der Waals surface area (Å²) >= 11 is 3.48. The van der Waals surface area contributed by atoms with Crippen LogP contribution in [0, 0.1) is 6.92 Å². The standard InChI is InChI=1S/C14H20BrNO/c1-4-6-14(17)16(9-5-2)12-7-8-13(15)11(3)10-12/h7-8,10H,4-6,9H2,1-3H3. The molecule has 0 aromatic heterocycles. The van der Waals surface area contributed by atoms with Crippen molar-refractivity contribution < 1.29 is 4.79 Å². The largest absolute Gasteiger partial charge is 0.312 e.